The van der Waals surface area contributed by atoms with Crippen LogP contribution in [0, 0.1) is 6.92 Å². The predicted octanol–water partition coefficient (Wildman–Crippen LogP) is 6.49. The number of amides is 1. The molecule has 3 N–H and O–H groups in total. The van der Waals surface area contributed by atoms with E-state index in [1.807, 2.05) is 80.6 Å². The Kier molecular flexibility index (Phi) is 8.09. The van der Waals surface area contributed by atoms with Crippen molar-refractivity contribution in [1.82, 2.24) is 0 Å². The van der Waals surface area contributed by atoms with Crippen LogP contribution in [0.15, 0.2) is 77.7 Å². The van der Waals surface area contributed by atoms with E-state index in [9.17, 15) is 4.79 Å². The highest BCUT2D eigenvalue weighted by atomic mass is 32.2. The highest BCUT2D eigenvalue weighted by Gasteiger charge is 2.17. The maximum Gasteiger partial charge on any atom is 0.237 e. The van der Waals surface area contributed by atoms with E-state index < -0.39 is 0 Å². The van der Waals surface area contributed by atoms with Crippen LogP contribution in [0.2, 0.25) is 0 Å². The van der Waals surface area contributed by atoms with Crippen molar-refractivity contribution in [2.45, 2.75) is 37.3 Å². The highest BCUT2D eigenvalue weighted by Crippen LogP contribution is 2.27. The highest BCUT2D eigenvalue weighted by molar-refractivity contribution is 8.00. The average molecular weight is 450 g/mol. The molecule has 0 heterocycles. The van der Waals surface area contributed by atoms with Crippen molar-refractivity contribution < 1.29 is 4.79 Å². The van der Waals surface area contributed by atoms with E-state index in [-0.39, 0.29) is 11.2 Å². The Morgan fingerprint density at radius 2 is 1.55 bits per heavy atom. The molecule has 1 atom stereocenters. The molecule has 0 saturated heterocycles. The molecule has 160 valence electrons. The Labute approximate surface area is 193 Å². The van der Waals surface area contributed by atoms with E-state index in [0.29, 0.717) is 5.11 Å². The number of rotatable bonds is 7. The topological polar surface area (TPSA) is 53.2 Å². The first-order valence-corrected chi connectivity index (χ1v) is 11.5. The quantitative estimate of drug-likeness (QED) is 0.284. The number of aryl methyl sites for hydroxylation is 2. The standard InChI is InChI=1S/C25H27N3OS2/c1-4-19-10-8-9-17(2)23(19)28-24(29)18(3)31-22-15-13-21(14-16-22)27-25(30)26-20-11-6-5-7-12-20/h5-16,18H,4H2,1-3H3,(H,28,29)(H2,26,27,30)/t18-/m1/s1. The number of hydrogen-bond donors (Lipinski definition) is 3. The summed E-state index contributed by atoms with van der Waals surface area (Å²) < 4.78 is 0. The zero-order chi connectivity index (χ0) is 22.2. The van der Waals surface area contributed by atoms with Crippen LogP contribution in [-0.4, -0.2) is 16.3 Å². The van der Waals surface area contributed by atoms with Gasteiger partial charge in [-0.1, -0.05) is 43.3 Å². The van der Waals surface area contributed by atoms with Crippen molar-refractivity contribution in [3.63, 3.8) is 0 Å². The van der Waals surface area contributed by atoms with E-state index in [1.165, 1.54) is 11.8 Å². The molecule has 0 fully saturated rings. The lowest BCUT2D eigenvalue weighted by molar-refractivity contribution is -0.115. The van der Waals surface area contributed by atoms with Gasteiger partial charge in [-0.3, -0.25) is 4.79 Å². The van der Waals surface area contributed by atoms with E-state index in [4.69, 9.17) is 12.2 Å². The molecule has 0 unspecified atom stereocenters. The summed E-state index contributed by atoms with van der Waals surface area (Å²) in [5.74, 6) is 0.00411. The Morgan fingerprint density at radius 3 is 2.19 bits per heavy atom. The molecule has 0 spiro atoms. The third-order valence-electron chi connectivity index (χ3n) is 4.81. The molecule has 3 aromatic carbocycles. The first-order valence-electron chi connectivity index (χ1n) is 10.3. The Morgan fingerprint density at radius 1 is 0.903 bits per heavy atom. The van der Waals surface area contributed by atoms with E-state index in [1.54, 1.807) is 0 Å². The molecule has 0 radical (unpaired) electrons. The molecular formula is C25H27N3OS2. The van der Waals surface area contributed by atoms with Crippen molar-refractivity contribution in [3.05, 3.63) is 83.9 Å². The van der Waals surface area contributed by atoms with Gasteiger partial charge in [-0.2, -0.15) is 0 Å². The van der Waals surface area contributed by atoms with E-state index in [0.717, 1.165) is 39.5 Å². The zero-order valence-electron chi connectivity index (χ0n) is 17.9. The first-order chi connectivity index (χ1) is 15.0. The number of thioether (sulfide) groups is 1. The fourth-order valence-corrected chi connectivity index (χ4v) is 4.22. The second-order valence-electron chi connectivity index (χ2n) is 7.18. The normalized spacial score (nSPS) is 11.5. The molecular weight excluding hydrogens is 422 g/mol. The number of nitrogens with one attached hydrogen (secondary N) is 3. The largest absolute Gasteiger partial charge is 0.332 e. The third-order valence-corrected chi connectivity index (χ3v) is 6.13. The van der Waals surface area contributed by atoms with Crippen LogP contribution < -0.4 is 16.0 Å². The number of para-hydroxylation sites is 2. The van der Waals surface area contributed by atoms with Crippen molar-refractivity contribution >= 4 is 52.1 Å². The molecule has 1 amide bonds. The minimum atomic E-state index is -0.219. The van der Waals surface area contributed by atoms with Gasteiger partial charge in [0.25, 0.3) is 0 Å². The van der Waals surface area contributed by atoms with Crippen LogP contribution in [0.4, 0.5) is 17.1 Å². The van der Waals surface area contributed by atoms with Crippen LogP contribution in [-0.2, 0) is 11.2 Å². The van der Waals surface area contributed by atoms with Crippen LogP contribution >= 0.6 is 24.0 Å². The van der Waals surface area contributed by atoms with Crippen molar-refractivity contribution in [1.29, 1.82) is 0 Å². The van der Waals surface area contributed by atoms with Crippen LogP contribution in [0.1, 0.15) is 25.0 Å². The molecule has 6 heteroatoms. The second-order valence-corrected chi connectivity index (χ2v) is 9.00. The lowest BCUT2D eigenvalue weighted by Crippen LogP contribution is -2.23. The number of carbonyl (C=O) groups excluding carboxylic acids is 1. The molecule has 0 aliphatic heterocycles. The Balaban J connectivity index is 1.55. The summed E-state index contributed by atoms with van der Waals surface area (Å²) in [5, 5.41) is 9.75. The smallest absolute Gasteiger partial charge is 0.237 e. The number of carbonyl (C=O) groups is 1. The van der Waals surface area contributed by atoms with Gasteiger partial charge in [0.05, 0.1) is 5.25 Å². The third kappa shape index (κ3) is 6.57. The van der Waals surface area contributed by atoms with E-state index in [2.05, 4.69) is 28.9 Å². The van der Waals surface area contributed by atoms with Gasteiger partial charge in [-0.05, 0) is 80.0 Å². The second kappa shape index (κ2) is 11.0. The van der Waals surface area contributed by atoms with Crippen molar-refractivity contribution in [2.24, 2.45) is 0 Å². The summed E-state index contributed by atoms with van der Waals surface area (Å²) in [5.41, 5.74) is 5.00. The zero-order valence-corrected chi connectivity index (χ0v) is 19.6. The Bertz CT molecular complexity index is 1040. The predicted molar refractivity (Wildman–Crippen MR) is 137 cm³/mol. The van der Waals surface area contributed by atoms with Gasteiger partial charge in [0, 0.05) is 22.0 Å². The molecule has 0 aliphatic carbocycles. The van der Waals surface area contributed by atoms with Crippen LogP contribution in [0.25, 0.3) is 0 Å². The van der Waals surface area contributed by atoms with Gasteiger partial charge in [0.2, 0.25) is 5.91 Å². The summed E-state index contributed by atoms with van der Waals surface area (Å²) in [7, 11) is 0. The Hall–Kier alpha value is -2.83. The first kappa shape index (κ1) is 22.8. The lowest BCUT2D eigenvalue weighted by Gasteiger charge is -2.16. The summed E-state index contributed by atoms with van der Waals surface area (Å²) in [6.45, 7) is 6.05. The maximum absolute atomic E-state index is 12.8. The summed E-state index contributed by atoms with van der Waals surface area (Å²) in [6.07, 6.45) is 0.883. The summed E-state index contributed by atoms with van der Waals surface area (Å²) >= 11 is 6.90. The van der Waals surface area contributed by atoms with Gasteiger partial charge < -0.3 is 16.0 Å². The van der Waals surface area contributed by atoms with Crippen LogP contribution in [0.5, 0.6) is 0 Å². The monoisotopic (exact) mass is 449 g/mol. The molecule has 3 rings (SSSR count). The van der Waals surface area contributed by atoms with Gasteiger partial charge in [0.1, 0.15) is 0 Å². The maximum atomic E-state index is 12.8. The molecule has 4 nitrogen and oxygen atoms in total. The minimum absolute atomic E-state index is 0.00411. The molecule has 0 aliphatic rings. The molecule has 31 heavy (non-hydrogen) atoms. The molecule has 0 aromatic heterocycles. The lowest BCUT2D eigenvalue weighted by atomic mass is 10.1. The summed E-state index contributed by atoms with van der Waals surface area (Å²) in [6, 6.07) is 23.8. The van der Waals surface area contributed by atoms with Gasteiger partial charge in [-0.25, -0.2) is 0 Å². The SMILES string of the molecule is CCc1cccc(C)c1NC(=O)[C@@H](C)Sc1ccc(NC(=S)Nc2ccccc2)cc1. The fourth-order valence-electron chi connectivity index (χ4n) is 3.12. The number of benzene rings is 3. The fraction of sp³-hybridized carbons (Fsp3) is 0.200. The minimum Gasteiger partial charge on any atom is -0.332 e. The number of hydrogen-bond acceptors (Lipinski definition) is 3. The number of thiocarbonyl (C=S) groups is 1. The molecule has 3 aromatic rings. The van der Waals surface area contributed by atoms with Crippen molar-refractivity contribution in [3.8, 4) is 0 Å². The molecule has 0 saturated carbocycles. The summed E-state index contributed by atoms with van der Waals surface area (Å²) in [4.78, 5) is 13.8. The average Bonchev–Trinajstić information content (AvgIpc) is 2.77. The van der Waals surface area contributed by atoms with Gasteiger partial charge in [0.15, 0.2) is 5.11 Å². The molecule has 0 bridgehead atoms. The van der Waals surface area contributed by atoms with Crippen LogP contribution in [0.3, 0.4) is 0 Å². The number of anilines is 3. The van der Waals surface area contributed by atoms with Gasteiger partial charge in [-0.15, -0.1) is 11.8 Å². The van der Waals surface area contributed by atoms with Crippen molar-refractivity contribution in [2.75, 3.05) is 16.0 Å². The van der Waals surface area contributed by atoms with Gasteiger partial charge >= 0.3 is 0 Å². The van der Waals surface area contributed by atoms with E-state index >= 15 is 0 Å².